The van der Waals surface area contributed by atoms with Crippen molar-refractivity contribution < 1.29 is 9.84 Å². The van der Waals surface area contributed by atoms with Gasteiger partial charge >= 0.3 is 0 Å². The molecule has 36 heavy (non-hydrogen) atoms. The first-order chi connectivity index (χ1) is 17.1. The minimum Gasteiger partial charge on any atom is -0.508 e. The number of halogens is 2. The molecule has 0 spiro atoms. The Morgan fingerprint density at radius 3 is 2.42 bits per heavy atom. The van der Waals surface area contributed by atoms with Gasteiger partial charge in [0.2, 0.25) is 0 Å². The number of methoxy groups -OCH3 is 1. The topological polar surface area (TPSA) is 57.6 Å². The number of hydrogen-bond donors (Lipinski definition) is 2. The normalized spacial score (nSPS) is 19.7. The molecule has 3 heterocycles. The van der Waals surface area contributed by atoms with E-state index in [9.17, 15) is 5.11 Å². The second kappa shape index (κ2) is 10.3. The fourth-order valence-corrected chi connectivity index (χ4v) is 6.03. The van der Waals surface area contributed by atoms with Gasteiger partial charge in [-0.1, -0.05) is 11.6 Å². The fourth-order valence-electron chi connectivity index (χ4n) is 5.86. The predicted molar refractivity (Wildman–Crippen MR) is 150 cm³/mol. The van der Waals surface area contributed by atoms with Crippen LogP contribution in [0.5, 0.6) is 11.5 Å². The Morgan fingerprint density at radius 1 is 0.944 bits per heavy atom. The van der Waals surface area contributed by atoms with Crippen molar-refractivity contribution in [3.05, 3.63) is 65.2 Å². The van der Waals surface area contributed by atoms with E-state index in [-0.39, 0.29) is 12.4 Å². The number of anilines is 2. The largest absolute Gasteiger partial charge is 0.508 e. The Labute approximate surface area is 222 Å². The van der Waals surface area contributed by atoms with Crippen molar-refractivity contribution >= 4 is 57.2 Å². The molecule has 3 fully saturated rings. The summed E-state index contributed by atoms with van der Waals surface area (Å²) in [4.78, 5) is 7.37. The third kappa shape index (κ3) is 4.93. The summed E-state index contributed by atoms with van der Waals surface area (Å²) in [6.07, 6.45) is 5.41. The van der Waals surface area contributed by atoms with E-state index in [1.807, 2.05) is 42.5 Å². The van der Waals surface area contributed by atoms with Gasteiger partial charge in [0.15, 0.2) is 0 Å². The number of ether oxygens (including phenoxy) is 1. The molecule has 3 aliphatic rings. The lowest BCUT2D eigenvalue weighted by molar-refractivity contribution is 0.241. The lowest BCUT2D eigenvalue weighted by atomic mass is 9.84. The average molecular weight is 524 g/mol. The molecule has 188 valence electrons. The van der Waals surface area contributed by atoms with Crippen molar-refractivity contribution in [1.82, 2.24) is 9.88 Å². The standard InChI is InChI=1S/C29H30ClN3O2.ClH/c1-35-23-8-10-26-25(14-23)29(24-9-6-21(30)13-27(24)32-26)31-22-7-11-28(34)20(12-22)17-33-15-18-2-3-19(16-33)5-4-18;/h6-14,18-19,34H,2-5,15-17H2,1H3,(H,31,32);1H. The average Bonchev–Trinajstić information content (AvgIpc) is 3.18. The van der Waals surface area contributed by atoms with Crippen LogP contribution in [0.2, 0.25) is 5.02 Å². The number of aromatic nitrogens is 1. The molecule has 0 unspecified atom stereocenters. The van der Waals surface area contributed by atoms with Gasteiger partial charge < -0.3 is 15.2 Å². The van der Waals surface area contributed by atoms with Crippen LogP contribution in [0.4, 0.5) is 11.4 Å². The summed E-state index contributed by atoms with van der Waals surface area (Å²) >= 11 is 6.28. The van der Waals surface area contributed by atoms with E-state index in [1.165, 1.54) is 25.7 Å². The molecule has 2 bridgehead atoms. The van der Waals surface area contributed by atoms with Gasteiger partial charge in [-0.15, -0.1) is 12.4 Å². The third-order valence-electron chi connectivity index (χ3n) is 7.68. The van der Waals surface area contributed by atoms with Crippen LogP contribution in [0.15, 0.2) is 54.6 Å². The summed E-state index contributed by atoms with van der Waals surface area (Å²) in [6, 6.07) is 17.5. The van der Waals surface area contributed by atoms with Crippen LogP contribution in [0.1, 0.15) is 31.2 Å². The SMILES string of the molecule is COc1ccc2nc3cc(Cl)ccc3c(Nc3ccc(O)c(CN4CC5CCC(CC5)C4)c3)c2c1.Cl. The van der Waals surface area contributed by atoms with Gasteiger partial charge in [0, 0.05) is 46.7 Å². The Balaban J connectivity index is 0.00000267. The highest BCUT2D eigenvalue weighted by molar-refractivity contribution is 6.31. The summed E-state index contributed by atoms with van der Waals surface area (Å²) in [6.45, 7) is 3.04. The molecule has 1 aliphatic carbocycles. The molecule has 0 atom stereocenters. The fraction of sp³-hybridized carbons (Fsp3) is 0.345. The summed E-state index contributed by atoms with van der Waals surface area (Å²) < 4.78 is 5.50. The minimum absolute atomic E-state index is 0. The number of phenols is 1. The number of phenolic OH excluding ortho intramolecular Hbond substituents is 1. The second-order valence-electron chi connectivity index (χ2n) is 10.1. The van der Waals surface area contributed by atoms with Crippen LogP contribution in [0, 0.1) is 11.8 Å². The number of nitrogens with zero attached hydrogens (tertiary/aromatic N) is 2. The van der Waals surface area contributed by atoms with Crippen LogP contribution >= 0.6 is 24.0 Å². The molecule has 4 aromatic rings. The van der Waals surface area contributed by atoms with Crippen molar-refractivity contribution in [2.75, 3.05) is 25.5 Å². The van der Waals surface area contributed by atoms with E-state index < -0.39 is 0 Å². The molecule has 2 saturated heterocycles. The highest BCUT2D eigenvalue weighted by atomic mass is 35.5. The van der Waals surface area contributed by atoms with E-state index in [2.05, 4.69) is 16.3 Å². The van der Waals surface area contributed by atoms with E-state index in [1.54, 1.807) is 13.2 Å². The summed E-state index contributed by atoms with van der Waals surface area (Å²) in [5.41, 5.74) is 4.53. The molecular formula is C29H31Cl2N3O2. The number of nitrogens with one attached hydrogen (secondary N) is 1. The van der Waals surface area contributed by atoms with Crippen molar-refractivity contribution in [1.29, 1.82) is 0 Å². The molecule has 7 heteroatoms. The number of rotatable bonds is 5. The van der Waals surface area contributed by atoms with Gasteiger partial charge in [0.1, 0.15) is 11.5 Å². The highest BCUT2D eigenvalue weighted by Crippen LogP contribution is 2.38. The van der Waals surface area contributed by atoms with Gasteiger partial charge in [-0.2, -0.15) is 0 Å². The number of fused-ring (bicyclic) bond motifs is 6. The maximum Gasteiger partial charge on any atom is 0.120 e. The monoisotopic (exact) mass is 523 g/mol. The van der Waals surface area contributed by atoms with Gasteiger partial charge in [0.05, 0.1) is 23.8 Å². The first-order valence-corrected chi connectivity index (χ1v) is 12.8. The van der Waals surface area contributed by atoms with Crippen LogP contribution in [-0.4, -0.2) is 35.2 Å². The number of pyridine rings is 1. The zero-order valence-corrected chi connectivity index (χ0v) is 21.9. The third-order valence-corrected chi connectivity index (χ3v) is 7.92. The van der Waals surface area contributed by atoms with E-state index >= 15 is 0 Å². The van der Waals surface area contributed by atoms with Crippen LogP contribution in [0.3, 0.4) is 0 Å². The highest BCUT2D eigenvalue weighted by Gasteiger charge is 2.29. The zero-order valence-electron chi connectivity index (χ0n) is 20.3. The Morgan fingerprint density at radius 2 is 1.69 bits per heavy atom. The molecule has 2 N–H and O–H groups in total. The Kier molecular flexibility index (Phi) is 7.16. The van der Waals surface area contributed by atoms with Gasteiger partial charge in [0.25, 0.3) is 0 Å². The van der Waals surface area contributed by atoms with Gasteiger partial charge in [-0.05, 0) is 92.1 Å². The van der Waals surface area contributed by atoms with Crippen molar-refractivity contribution in [3.8, 4) is 11.5 Å². The summed E-state index contributed by atoms with van der Waals surface area (Å²) in [5.74, 6) is 2.73. The van der Waals surface area contributed by atoms with Crippen molar-refractivity contribution in [2.45, 2.75) is 32.2 Å². The lowest BCUT2D eigenvalue weighted by Gasteiger charge is -2.23. The van der Waals surface area contributed by atoms with Gasteiger partial charge in [-0.3, -0.25) is 4.90 Å². The minimum atomic E-state index is 0. The summed E-state index contributed by atoms with van der Waals surface area (Å²) in [5, 5.41) is 16.9. The molecule has 1 saturated carbocycles. The number of aromatic hydroxyl groups is 1. The van der Waals surface area contributed by atoms with Gasteiger partial charge in [-0.25, -0.2) is 4.98 Å². The maximum atomic E-state index is 10.7. The van der Waals surface area contributed by atoms with Crippen LogP contribution in [0.25, 0.3) is 21.8 Å². The number of benzene rings is 3. The smallest absolute Gasteiger partial charge is 0.120 e. The molecule has 0 radical (unpaired) electrons. The van der Waals surface area contributed by atoms with Crippen LogP contribution < -0.4 is 10.1 Å². The quantitative estimate of drug-likeness (QED) is 0.209. The van der Waals surface area contributed by atoms with E-state index in [0.717, 1.165) is 76.0 Å². The first-order valence-electron chi connectivity index (χ1n) is 12.4. The molecule has 1 aromatic heterocycles. The predicted octanol–water partition coefficient (Wildman–Crippen LogP) is 7.54. The molecule has 2 aliphatic heterocycles. The molecular weight excluding hydrogens is 493 g/mol. The van der Waals surface area contributed by atoms with E-state index in [4.69, 9.17) is 21.3 Å². The zero-order chi connectivity index (χ0) is 23.9. The molecule has 3 aromatic carbocycles. The summed E-state index contributed by atoms with van der Waals surface area (Å²) in [7, 11) is 1.67. The Hall–Kier alpha value is -2.73. The van der Waals surface area contributed by atoms with Crippen molar-refractivity contribution in [2.24, 2.45) is 11.8 Å². The number of hydrogen-bond acceptors (Lipinski definition) is 5. The molecule has 5 nitrogen and oxygen atoms in total. The first kappa shape index (κ1) is 24.9. The van der Waals surface area contributed by atoms with Crippen LogP contribution in [-0.2, 0) is 6.54 Å². The van der Waals surface area contributed by atoms with Crippen molar-refractivity contribution in [3.63, 3.8) is 0 Å². The molecule has 0 amide bonds. The second-order valence-corrected chi connectivity index (χ2v) is 10.5. The molecule has 7 rings (SSSR count). The maximum absolute atomic E-state index is 10.7. The van der Waals surface area contributed by atoms with E-state index in [0.29, 0.717) is 10.8 Å². The lowest BCUT2D eigenvalue weighted by Crippen LogP contribution is -2.27. The Bertz CT molecular complexity index is 1390.